The molecule has 0 radical (unpaired) electrons. The molecule has 0 atom stereocenters. The highest BCUT2D eigenvalue weighted by molar-refractivity contribution is 6.17. The molecule has 4 aromatic carbocycles. The number of aryl methyl sites for hydroxylation is 2. The largest absolute Gasteiger partial charge is 0.0651 e. The summed E-state index contributed by atoms with van der Waals surface area (Å²) in [6, 6.07) is 23.0. The number of hydrogen-bond acceptors (Lipinski definition) is 0. The van der Waals surface area contributed by atoms with Crippen LogP contribution >= 0.6 is 0 Å². The van der Waals surface area contributed by atoms with E-state index < -0.39 is 0 Å². The topological polar surface area (TPSA) is 0 Å². The van der Waals surface area contributed by atoms with Crippen molar-refractivity contribution in [1.82, 2.24) is 0 Å². The van der Waals surface area contributed by atoms with Crippen LogP contribution < -0.4 is 0 Å². The molecule has 4 aromatic rings. The Hall–Kier alpha value is -2.34. The van der Waals surface area contributed by atoms with Gasteiger partial charge in [0.05, 0.1) is 0 Å². The number of hydrogen-bond donors (Lipinski definition) is 0. The highest BCUT2D eigenvalue weighted by Gasteiger charge is 2.06. The van der Waals surface area contributed by atoms with Crippen LogP contribution in [-0.4, -0.2) is 0 Å². The van der Waals surface area contributed by atoms with Gasteiger partial charge in [-0.2, -0.15) is 0 Å². The number of rotatable bonds is 4. The first-order valence-corrected chi connectivity index (χ1v) is 9.17. The summed E-state index contributed by atoms with van der Waals surface area (Å²) >= 11 is 0. The molecule has 0 fully saturated rings. The summed E-state index contributed by atoms with van der Waals surface area (Å²) < 4.78 is 0. The van der Waals surface area contributed by atoms with Crippen molar-refractivity contribution in [3.05, 3.63) is 71.8 Å². The molecule has 0 nitrogen and oxygen atoms in total. The second-order valence-corrected chi connectivity index (χ2v) is 6.84. The molecule has 0 unspecified atom stereocenters. The zero-order valence-corrected chi connectivity index (χ0v) is 14.6. The Morgan fingerprint density at radius 2 is 0.917 bits per heavy atom. The molecule has 0 aliphatic rings. The van der Waals surface area contributed by atoms with Gasteiger partial charge in [-0.05, 0) is 56.3 Å². The van der Waals surface area contributed by atoms with Gasteiger partial charge in [0.2, 0.25) is 0 Å². The predicted octanol–water partition coefficient (Wildman–Crippen LogP) is 7.05. The van der Waals surface area contributed by atoms with Crippen LogP contribution in [0.15, 0.2) is 60.7 Å². The van der Waals surface area contributed by atoms with E-state index in [1.54, 1.807) is 0 Å². The third kappa shape index (κ3) is 2.57. The molecule has 0 spiro atoms. The van der Waals surface area contributed by atoms with Crippen LogP contribution in [0.1, 0.15) is 37.8 Å². The lowest BCUT2D eigenvalue weighted by Crippen LogP contribution is -1.87. The lowest BCUT2D eigenvalue weighted by molar-refractivity contribution is 0.923. The molecule has 24 heavy (non-hydrogen) atoms. The third-order valence-electron chi connectivity index (χ3n) is 5.04. The molecule has 0 saturated heterocycles. The summed E-state index contributed by atoms with van der Waals surface area (Å²) in [5, 5.41) is 8.22. The summed E-state index contributed by atoms with van der Waals surface area (Å²) in [7, 11) is 0. The minimum atomic E-state index is 1.15. The maximum Gasteiger partial charge on any atom is -0.00989 e. The second kappa shape index (κ2) is 6.28. The number of benzene rings is 4. The quantitative estimate of drug-likeness (QED) is 0.354. The summed E-state index contributed by atoms with van der Waals surface area (Å²) in [6.45, 7) is 4.49. The van der Waals surface area contributed by atoms with Crippen molar-refractivity contribution in [2.45, 2.75) is 39.5 Å². The van der Waals surface area contributed by atoms with Crippen LogP contribution in [0, 0.1) is 0 Å². The summed E-state index contributed by atoms with van der Waals surface area (Å²) in [4.78, 5) is 0. The standard InChI is InChI=1S/C24H24/c1-3-5-17-7-9-19-11-14-22-21(23(19)15-17)13-12-20-10-8-18(6-4-2)16-24(20)22/h7-16H,3-6H2,1-2H3. The molecule has 0 saturated carbocycles. The SMILES string of the molecule is CCCc1ccc2ccc3c4cc(CCC)ccc4ccc3c2c1. The van der Waals surface area contributed by atoms with Gasteiger partial charge in [-0.1, -0.05) is 87.4 Å². The molecule has 120 valence electrons. The van der Waals surface area contributed by atoms with Crippen molar-refractivity contribution in [2.24, 2.45) is 0 Å². The van der Waals surface area contributed by atoms with Gasteiger partial charge >= 0.3 is 0 Å². The minimum absolute atomic E-state index is 1.15. The fourth-order valence-electron chi connectivity index (χ4n) is 3.85. The Bertz CT molecular complexity index is 939. The molecule has 0 aliphatic carbocycles. The van der Waals surface area contributed by atoms with Gasteiger partial charge in [0, 0.05) is 0 Å². The van der Waals surface area contributed by atoms with Crippen molar-refractivity contribution in [3.8, 4) is 0 Å². The van der Waals surface area contributed by atoms with Crippen molar-refractivity contribution < 1.29 is 0 Å². The molecule has 0 aliphatic heterocycles. The fraction of sp³-hybridized carbons (Fsp3) is 0.250. The minimum Gasteiger partial charge on any atom is -0.0651 e. The van der Waals surface area contributed by atoms with Gasteiger partial charge in [0.1, 0.15) is 0 Å². The van der Waals surface area contributed by atoms with E-state index in [4.69, 9.17) is 0 Å². The molecule has 0 heterocycles. The fourth-order valence-corrected chi connectivity index (χ4v) is 3.85. The van der Waals surface area contributed by atoms with E-state index in [1.165, 1.54) is 56.3 Å². The van der Waals surface area contributed by atoms with E-state index in [0.717, 1.165) is 12.8 Å². The van der Waals surface area contributed by atoms with Crippen LogP contribution in [0.3, 0.4) is 0 Å². The van der Waals surface area contributed by atoms with Gasteiger partial charge in [0.25, 0.3) is 0 Å². The molecular formula is C24H24. The molecule has 0 aromatic heterocycles. The van der Waals surface area contributed by atoms with Gasteiger partial charge < -0.3 is 0 Å². The maximum atomic E-state index is 2.39. The lowest BCUT2D eigenvalue weighted by atomic mass is 9.94. The maximum absolute atomic E-state index is 2.39. The van der Waals surface area contributed by atoms with Crippen LogP contribution in [0.25, 0.3) is 32.3 Å². The van der Waals surface area contributed by atoms with E-state index in [-0.39, 0.29) is 0 Å². The Kier molecular flexibility index (Phi) is 3.98. The molecule has 0 bridgehead atoms. The van der Waals surface area contributed by atoms with E-state index >= 15 is 0 Å². The normalized spacial score (nSPS) is 11.6. The van der Waals surface area contributed by atoms with Crippen molar-refractivity contribution >= 4 is 32.3 Å². The Labute approximate surface area is 144 Å². The zero-order chi connectivity index (χ0) is 16.5. The summed E-state index contributed by atoms with van der Waals surface area (Å²) in [5.41, 5.74) is 2.88. The van der Waals surface area contributed by atoms with Crippen LogP contribution in [0.2, 0.25) is 0 Å². The first-order chi connectivity index (χ1) is 11.8. The smallest absolute Gasteiger partial charge is 0.00989 e. The molecular weight excluding hydrogens is 288 g/mol. The second-order valence-electron chi connectivity index (χ2n) is 6.84. The molecule has 4 rings (SSSR count). The summed E-state index contributed by atoms with van der Waals surface area (Å²) in [6.07, 6.45) is 4.69. The van der Waals surface area contributed by atoms with Gasteiger partial charge in [-0.3, -0.25) is 0 Å². The van der Waals surface area contributed by atoms with Crippen LogP contribution in [-0.2, 0) is 12.8 Å². The van der Waals surface area contributed by atoms with Crippen molar-refractivity contribution in [3.63, 3.8) is 0 Å². The summed E-state index contributed by atoms with van der Waals surface area (Å²) in [5.74, 6) is 0. The third-order valence-corrected chi connectivity index (χ3v) is 5.04. The van der Waals surface area contributed by atoms with Gasteiger partial charge in [-0.25, -0.2) is 0 Å². The van der Waals surface area contributed by atoms with E-state index in [2.05, 4.69) is 74.5 Å². The Morgan fingerprint density at radius 1 is 0.500 bits per heavy atom. The van der Waals surface area contributed by atoms with Crippen molar-refractivity contribution in [2.75, 3.05) is 0 Å². The lowest BCUT2D eigenvalue weighted by Gasteiger charge is -2.10. The average molecular weight is 312 g/mol. The van der Waals surface area contributed by atoms with Gasteiger partial charge in [-0.15, -0.1) is 0 Å². The monoisotopic (exact) mass is 312 g/mol. The van der Waals surface area contributed by atoms with Crippen LogP contribution in [0.4, 0.5) is 0 Å². The molecule has 0 amide bonds. The first kappa shape index (κ1) is 15.2. The van der Waals surface area contributed by atoms with Gasteiger partial charge in [0.15, 0.2) is 0 Å². The Balaban J connectivity index is 2.03. The Morgan fingerprint density at radius 3 is 1.33 bits per heavy atom. The zero-order valence-electron chi connectivity index (χ0n) is 14.6. The van der Waals surface area contributed by atoms with E-state index in [0.29, 0.717) is 0 Å². The molecule has 0 heteroatoms. The molecule has 0 N–H and O–H groups in total. The van der Waals surface area contributed by atoms with Crippen LogP contribution in [0.5, 0.6) is 0 Å². The van der Waals surface area contributed by atoms with E-state index in [9.17, 15) is 0 Å². The van der Waals surface area contributed by atoms with E-state index in [1.807, 2.05) is 0 Å². The van der Waals surface area contributed by atoms with Crippen molar-refractivity contribution in [1.29, 1.82) is 0 Å². The number of fused-ring (bicyclic) bond motifs is 5. The highest BCUT2D eigenvalue weighted by atomic mass is 14.1. The average Bonchev–Trinajstić information content (AvgIpc) is 2.61. The highest BCUT2D eigenvalue weighted by Crippen LogP contribution is 2.32. The predicted molar refractivity (Wildman–Crippen MR) is 107 cm³/mol. The first-order valence-electron chi connectivity index (χ1n) is 9.17.